The SMILES string of the molecule is CCCCS(=O)(=O)Nc1cc(S(N)(=O)=O)ccc1C. The fraction of sp³-hybridized carbons (Fsp3) is 0.455. The average molecular weight is 306 g/mol. The van der Waals surface area contributed by atoms with Gasteiger partial charge in [-0.25, -0.2) is 22.0 Å². The van der Waals surface area contributed by atoms with Gasteiger partial charge in [-0.1, -0.05) is 19.4 Å². The normalized spacial score (nSPS) is 12.4. The molecule has 0 aromatic heterocycles. The molecule has 3 N–H and O–H groups in total. The molecule has 6 nitrogen and oxygen atoms in total. The molecule has 0 unspecified atom stereocenters. The first kappa shape index (κ1) is 15.9. The van der Waals surface area contributed by atoms with Gasteiger partial charge in [0.05, 0.1) is 16.3 Å². The number of primary sulfonamides is 1. The van der Waals surface area contributed by atoms with Crippen LogP contribution in [0.5, 0.6) is 0 Å². The van der Waals surface area contributed by atoms with Gasteiger partial charge < -0.3 is 0 Å². The lowest BCUT2D eigenvalue weighted by Gasteiger charge is -2.11. The van der Waals surface area contributed by atoms with Crippen LogP contribution in [-0.2, 0) is 20.0 Å². The summed E-state index contributed by atoms with van der Waals surface area (Å²) in [7, 11) is -7.32. The number of anilines is 1. The highest BCUT2D eigenvalue weighted by Crippen LogP contribution is 2.20. The average Bonchev–Trinajstić information content (AvgIpc) is 2.28. The maximum Gasteiger partial charge on any atom is 0.238 e. The van der Waals surface area contributed by atoms with Crippen LogP contribution in [0.25, 0.3) is 0 Å². The van der Waals surface area contributed by atoms with Gasteiger partial charge in [-0.15, -0.1) is 0 Å². The van der Waals surface area contributed by atoms with Gasteiger partial charge in [-0.05, 0) is 31.0 Å². The van der Waals surface area contributed by atoms with E-state index >= 15 is 0 Å². The van der Waals surface area contributed by atoms with Crippen molar-refractivity contribution in [1.29, 1.82) is 0 Å². The molecular weight excluding hydrogens is 288 g/mol. The lowest BCUT2D eigenvalue weighted by molar-refractivity contribution is 0.595. The van der Waals surface area contributed by atoms with Crippen molar-refractivity contribution < 1.29 is 16.8 Å². The highest BCUT2D eigenvalue weighted by atomic mass is 32.2. The molecule has 0 fully saturated rings. The van der Waals surface area contributed by atoms with Crippen molar-refractivity contribution in [1.82, 2.24) is 0 Å². The number of unbranched alkanes of at least 4 members (excludes halogenated alkanes) is 1. The number of benzene rings is 1. The number of nitrogens with one attached hydrogen (secondary N) is 1. The molecule has 8 heteroatoms. The molecular formula is C11H18N2O4S2. The Labute approximate surface area is 114 Å². The van der Waals surface area contributed by atoms with E-state index in [-0.39, 0.29) is 16.3 Å². The number of hydrogen-bond acceptors (Lipinski definition) is 4. The van der Waals surface area contributed by atoms with Crippen LogP contribution in [0, 0.1) is 6.92 Å². The van der Waals surface area contributed by atoms with Crippen molar-refractivity contribution in [2.75, 3.05) is 10.5 Å². The molecule has 0 spiro atoms. The Kier molecular flexibility index (Phi) is 4.94. The van der Waals surface area contributed by atoms with Gasteiger partial charge in [0.1, 0.15) is 0 Å². The number of sulfonamides is 2. The third-order valence-corrected chi connectivity index (χ3v) is 4.84. The van der Waals surface area contributed by atoms with Crippen LogP contribution in [0.1, 0.15) is 25.3 Å². The molecule has 0 bridgehead atoms. The smallest absolute Gasteiger partial charge is 0.238 e. The van der Waals surface area contributed by atoms with E-state index in [1.54, 1.807) is 6.92 Å². The lowest BCUT2D eigenvalue weighted by atomic mass is 10.2. The second-order valence-electron chi connectivity index (χ2n) is 4.30. The minimum atomic E-state index is -3.85. The summed E-state index contributed by atoms with van der Waals surface area (Å²) < 4.78 is 48.4. The largest absolute Gasteiger partial charge is 0.283 e. The standard InChI is InChI=1S/C11H18N2O4S2/c1-3-4-7-18(14,15)13-11-8-10(19(12,16)17)6-5-9(11)2/h5-6,8,13H,3-4,7H2,1-2H3,(H2,12,16,17). The van der Waals surface area contributed by atoms with Crippen LogP contribution >= 0.6 is 0 Å². The molecule has 0 aliphatic rings. The fourth-order valence-corrected chi connectivity index (χ4v) is 3.31. The van der Waals surface area contributed by atoms with Gasteiger partial charge in [0.2, 0.25) is 20.0 Å². The molecule has 0 atom stereocenters. The second-order valence-corrected chi connectivity index (χ2v) is 7.70. The number of nitrogens with two attached hydrogens (primary N) is 1. The van der Waals surface area contributed by atoms with Gasteiger partial charge in [0.25, 0.3) is 0 Å². The monoisotopic (exact) mass is 306 g/mol. The summed E-state index contributed by atoms with van der Waals surface area (Å²) in [6.45, 7) is 3.58. The summed E-state index contributed by atoms with van der Waals surface area (Å²) in [5.41, 5.74) is 0.870. The van der Waals surface area contributed by atoms with E-state index < -0.39 is 20.0 Å². The molecule has 1 rings (SSSR count). The van der Waals surface area contributed by atoms with Crippen LogP contribution in [-0.4, -0.2) is 22.6 Å². The molecule has 0 radical (unpaired) electrons. The van der Waals surface area contributed by atoms with E-state index in [1.807, 2.05) is 6.92 Å². The van der Waals surface area contributed by atoms with Crippen LogP contribution in [0.15, 0.2) is 23.1 Å². The molecule has 1 aromatic rings. The first-order valence-electron chi connectivity index (χ1n) is 5.79. The third kappa shape index (κ3) is 4.81. The number of aryl methyl sites for hydroxylation is 1. The highest BCUT2D eigenvalue weighted by Gasteiger charge is 2.14. The topological polar surface area (TPSA) is 106 Å². The summed E-state index contributed by atoms with van der Waals surface area (Å²) in [6.07, 6.45) is 1.31. The summed E-state index contributed by atoms with van der Waals surface area (Å²) in [4.78, 5) is -0.119. The fourth-order valence-electron chi connectivity index (χ4n) is 1.44. The number of rotatable bonds is 6. The molecule has 19 heavy (non-hydrogen) atoms. The van der Waals surface area contributed by atoms with Gasteiger partial charge in [0.15, 0.2) is 0 Å². The molecule has 0 saturated heterocycles. The zero-order valence-electron chi connectivity index (χ0n) is 10.9. The van der Waals surface area contributed by atoms with Crippen molar-refractivity contribution in [2.24, 2.45) is 5.14 Å². The highest BCUT2D eigenvalue weighted by molar-refractivity contribution is 7.92. The van der Waals surface area contributed by atoms with E-state index in [0.717, 1.165) is 6.42 Å². The maximum atomic E-state index is 11.8. The van der Waals surface area contributed by atoms with Crippen molar-refractivity contribution >= 4 is 25.7 Å². The zero-order valence-corrected chi connectivity index (χ0v) is 12.5. The van der Waals surface area contributed by atoms with Crippen LogP contribution in [0.3, 0.4) is 0 Å². The molecule has 1 aromatic carbocycles. The Bertz CT molecular complexity index is 651. The molecule has 0 saturated carbocycles. The minimum absolute atomic E-state index is 0.00252. The predicted molar refractivity (Wildman–Crippen MR) is 74.9 cm³/mol. The van der Waals surface area contributed by atoms with E-state index in [1.165, 1.54) is 18.2 Å². The van der Waals surface area contributed by atoms with Crippen molar-refractivity contribution in [2.45, 2.75) is 31.6 Å². The Balaban J connectivity index is 3.08. The van der Waals surface area contributed by atoms with Gasteiger partial charge in [0, 0.05) is 0 Å². The van der Waals surface area contributed by atoms with Gasteiger partial charge >= 0.3 is 0 Å². The van der Waals surface area contributed by atoms with E-state index in [0.29, 0.717) is 12.0 Å². The van der Waals surface area contributed by atoms with Crippen LogP contribution in [0.2, 0.25) is 0 Å². The van der Waals surface area contributed by atoms with E-state index in [2.05, 4.69) is 4.72 Å². The Morgan fingerprint density at radius 1 is 1.21 bits per heavy atom. The van der Waals surface area contributed by atoms with Crippen molar-refractivity contribution in [3.63, 3.8) is 0 Å². The first-order chi connectivity index (χ1) is 8.65. The van der Waals surface area contributed by atoms with E-state index in [4.69, 9.17) is 5.14 Å². The van der Waals surface area contributed by atoms with E-state index in [9.17, 15) is 16.8 Å². The lowest BCUT2D eigenvalue weighted by Crippen LogP contribution is -2.18. The first-order valence-corrected chi connectivity index (χ1v) is 8.99. The zero-order chi connectivity index (χ0) is 14.7. The van der Waals surface area contributed by atoms with Crippen molar-refractivity contribution in [3.05, 3.63) is 23.8 Å². The number of hydrogen-bond donors (Lipinski definition) is 2. The van der Waals surface area contributed by atoms with Crippen molar-refractivity contribution in [3.8, 4) is 0 Å². The summed E-state index contributed by atoms with van der Waals surface area (Å²) in [5.74, 6) is 0.00252. The summed E-state index contributed by atoms with van der Waals surface area (Å²) in [6, 6.07) is 4.08. The maximum absolute atomic E-state index is 11.8. The Morgan fingerprint density at radius 2 is 1.84 bits per heavy atom. The second kappa shape index (κ2) is 5.89. The molecule has 0 aliphatic heterocycles. The molecule has 0 aliphatic carbocycles. The molecule has 0 heterocycles. The molecule has 108 valence electrons. The third-order valence-electron chi connectivity index (χ3n) is 2.57. The quantitative estimate of drug-likeness (QED) is 0.823. The summed E-state index contributed by atoms with van der Waals surface area (Å²) >= 11 is 0. The van der Waals surface area contributed by atoms with Crippen LogP contribution in [0.4, 0.5) is 5.69 Å². The van der Waals surface area contributed by atoms with Crippen LogP contribution < -0.4 is 9.86 Å². The van der Waals surface area contributed by atoms with Gasteiger partial charge in [-0.3, -0.25) is 4.72 Å². The predicted octanol–water partition coefficient (Wildman–Crippen LogP) is 1.18. The van der Waals surface area contributed by atoms with Gasteiger partial charge in [-0.2, -0.15) is 0 Å². The minimum Gasteiger partial charge on any atom is -0.283 e. The molecule has 0 amide bonds. The summed E-state index contributed by atoms with van der Waals surface area (Å²) in [5, 5.41) is 5.01. The Morgan fingerprint density at radius 3 is 2.37 bits per heavy atom. The Hall–Kier alpha value is -1.12.